The molecule has 0 radical (unpaired) electrons. The van der Waals surface area contributed by atoms with Crippen molar-refractivity contribution in [2.45, 2.75) is 98.3 Å². The van der Waals surface area contributed by atoms with Crippen LogP contribution < -0.4 is 15.3 Å². The molecule has 21 heteroatoms. The number of nitrogens with one attached hydrogen (secondary N) is 2. The SMILES string of the molecule is CB(O)/N=C(\N(CCCCCCCCN/C(=N\BC=O)NB(C)O)B(C)O)N(CCCCOc1ccc(C2=NCCCCN2B(C)O)cc1)B(C)O. The van der Waals surface area contributed by atoms with Crippen molar-refractivity contribution in [2.75, 3.05) is 39.3 Å². The molecule has 284 valence electrons. The quantitative estimate of drug-likeness (QED) is 0.0274. The number of hydrogen-bond acceptors (Lipinski definition) is 11. The van der Waals surface area contributed by atoms with E-state index in [1.165, 1.54) is 0 Å². The number of aliphatic imine (C=N–C) groups is 1. The second-order valence-corrected chi connectivity index (χ2v) is 13.3. The van der Waals surface area contributed by atoms with E-state index in [2.05, 4.69) is 20.4 Å². The lowest BCUT2D eigenvalue weighted by Crippen LogP contribution is -2.56. The third-order valence-electron chi connectivity index (χ3n) is 8.47. The lowest BCUT2D eigenvalue weighted by molar-refractivity contribution is 0.300. The Morgan fingerprint density at radius 2 is 1.52 bits per heavy atom. The fourth-order valence-electron chi connectivity index (χ4n) is 5.86. The van der Waals surface area contributed by atoms with Gasteiger partial charge in [0.05, 0.1) is 6.61 Å². The van der Waals surface area contributed by atoms with Crippen molar-refractivity contribution in [3.63, 3.8) is 0 Å². The fraction of sp³-hybridized carbons (Fsp3) is 0.677. The Labute approximate surface area is 313 Å². The van der Waals surface area contributed by atoms with Crippen LogP contribution >= 0.6 is 0 Å². The Bertz CT molecular complexity index is 1230. The first-order chi connectivity index (χ1) is 24.9. The molecule has 2 rings (SSSR count). The number of amidine groups is 1. The Kier molecular flexibility index (Phi) is 22.3. The zero-order chi connectivity index (χ0) is 38.3. The van der Waals surface area contributed by atoms with Crippen LogP contribution in [0.25, 0.3) is 0 Å². The monoisotopic (exact) mass is 723 g/mol. The molecule has 0 fully saturated rings. The summed E-state index contributed by atoms with van der Waals surface area (Å²) in [5.74, 6) is 2.30. The average Bonchev–Trinajstić information content (AvgIpc) is 3.35. The number of carbonyl (C=O) groups is 1. The molecule has 1 heterocycles. The van der Waals surface area contributed by atoms with E-state index in [1.807, 2.05) is 29.1 Å². The molecule has 0 unspecified atom stereocenters. The highest BCUT2D eigenvalue weighted by molar-refractivity contribution is 6.66. The number of rotatable bonds is 23. The van der Waals surface area contributed by atoms with Gasteiger partial charge in [-0.25, -0.2) is 0 Å². The third-order valence-corrected chi connectivity index (χ3v) is 8.47. The Morgan fingerprint density at radius 3 is 2.10 bits per heavy atom. The van der Waals surface area contributed by atoms with Gasteiger partial charge >= 0.3 is 42.7 Å². The van der Waals surface area contributed by atoms with E-state index in [0.717, 1.165) is 81.6 Å². The van der Waals surface area contributed by atoms with Gasteiger partial charge < -0.3 is 64.5 Å². The molecule has 0 aromatic heterocycles. The van der Waals surface area contributed by atoms with E-state index < -0.39 is 35.3 Å². The summed E-state index contributed by atoms with van der Waals surface area (Å²) in [6, 6.07) is 7.77. The number of ether oxygens (including phenoxy) is 1. The molecule has 0 atom stereocenters. The molecule has 7 N–H and O–H groups in total. The minimum Gasteiger partial charge on any atom is -0.494 e. The Hall–Kier alpha value is -3.11. The van der Waals surface area contributed by atoms with Crippen molar-refractivity contribution >= 4 is 66.6 Å². The van der Waals surface area contributed by atoms with Crippen LogP contribution in [-0.4, -0.2) is 145 Å². The van der Waals surface area contributed by atoms with Gasteiger partial charge in [-0.1, -0.05) is 25.7 Å². The van der Waals surface area contributed by atoms with E-state index in [1.54, 1.807) is 43.7 Å². The van der Waals surface area contributed by atoms with Crippen molar-refractivity contribution in [3.05, 3.63) is 29.8 Å². The van der Waals surface area contributed by atoms with Crippen molar-refractivity contribution in [3.8, 4) is 5.75 Å². The van der Waals surface area contributed by atoms with Gasteiger partial charge in [0.25, 0.3) is 0 Å². The Balaban J connectivity index is 1.83. The maximum atomic E-state index is 10.7. The van der Waals surface area contributed by atoms with Crippen LogP contribution in [0, 0.1) is 0 Å². The van der Waals surface area contributed by atoms with Crippen LogP contribution in [0.3, 0.4) is 0 Å². The number of nitrogens with zero attached hydrogens (tertiary/aromatic N) is 6. The molecule has 0 spiro atoms. The summed E-state index contributed by atoms with van der Waals surface area (Å²) in [6.45, 7) is 11.8. The van der Waals surface area contributed by atoms with Gasteiger partial charge in [0, 0.05) is 38.3 Å². The average molecular weight is 722 g/mol. The van der Waals surface area contributed by atoms with Gasteiger partial charge in [0.15, 0.2) is 11.9 Å². The van der Waals surface area contributed by atoms with Crippen LogP contribution in [-0.2, 0) is 4.79 Å². The van der Waals surface area contributed by atoms with E-state index in [0.29, 0.717) is 57.2 Å². The van der Waals surface area contributed by atoms with Gasteiger partial charge in [-0.15, -0.1) is 0 Å². The van der Waals surface area contributed by atoms with Crippen LogP contribution in [0.5, 0.6) is 5.75 Å². The molecular weight excluding hydrogens is 661 g/mol. The molecule has 1 aromatic carbocycles. The topological polar surface area (TPSA) is 198 Å². The minimum absolute atomic E-state index is 0.0268. The van der Waals surface area contributed by atoms with Crippen molar-refractivity contribution < 1.29 is 34.7 Å². The summed E-state index contributed by atoms with van der Waals surface area (Å²) in [4.78, 5) is 29.2. The van der Waals surface area contributed by atoms with Crippen molar-refractivity contribution in [1.29, 1.82) is 0 Å². The Morgan fingerprint density at radius 1 is 0.904 bits per heavy atom. The summed E-state index contributed by atoms with van der Waals surface area (Å²) in [5, 5.41) is 57.4. The number of benzene rings is 1. The summed E-state index contributed by atoms with van der Waals surface area (Å²) < 4.78 is 6.01. The first kappa shape index (κ1) is 45.0. The fourth-order valence-corrected chi connectivity index (χ4v) is 5.86. The van der Waals surface area contributed by atoms with E-state index in [-0.39, 0.29) is 7.41 Å². The van der Waals surface area contributed by atoms with Gasteiger partial charge in [-0.05, 0) is 96.9 Å². The third kappa shape index (κ3) is 17.6. The normalized spacial score (nSPS) is 13.4. The summed E-state index contributed by atoms with van der Waals surface area (Å²) >= 11 is 0. The van der Waals surface area contributed by atoms with Crippen LogP contribution in [0.2, 0.25) is 34.1 Å². The van der Waals surface area contributed by atoms with E-state index in [9.17, 15) is 29.9 Å². The summed E-state index contributed by atoms with van der Waals surface area (Å²) in [5.41, 5.74) is 0.944. The summed E-state index contributed by atoms with van der Waals surface area (Å²) in [7, 11) is -4.15. The number of unbranched alkanes of at least 4 members (excludes halogenated alkanes) is 6. The molecule has 1 aliphatic heterocycles. The molecule has 52 heavy (non-hydrogen) atoms. The number of carbonyl (C=O) groups excluding carboxylic acids is 1. The van der Waals surface area contributed by atoms with Crippen molar-refractivity contribution in [2.24, 2.45) is 14.8 Å². The van der Waals surface area contributed by atoms with E-state index >= 15 is 0 Å². The van der Waals surface area contributed by atoms with Gasteiger partial charge in [-0.2, -0.15) is 0 Å². The number of guanidine groups is 2. The molecule has 0 bridgehead atoms. The molecule has 0 saturated carbocycles. The number of hydrogen-bond donors (Lipinski definition) is 7. The smallest absolute Gasteiger partial charge is 0.431 e. The predicted molar refractivity (Wildman–Crippen MR) is 219 cm³/mol. The molecule has 0 aliphatic carbocycles. The standard InChI is InChI=1S/C31H60B6N8O7/c1-33(47)41-30(40-32-26-46)39-21-10-8-6-7-9-12-23-44(36(4)50)31(42-34(2)48)45(37(5)51)24-14-15-25-52-28-18-16-27(17-19-28)29-38-20-11-13-22-43(29)35(3)49/h16-19,26,32,47-51H,6-15,20-25H2,1-5H3,(H2,39,40,41)/b42-31+. The molecule has 0 saturated heterocycles. The maximum absolute atomic E-state index is 10.7. The zero-order valence-corrected chi connectivity index (χ0v) is 32.0. The minimum atomic E-state index is -1.02. The summed E-state index contributed by atoms with van der Waals surface area (Å²) in [6.07, 6.45) is 9.77. The largest absolute Gasteiger partial charge is 0.494 e. The molecule has 0 amide bonds. The van der Waals surface area contributed by atoms with Crippen LogP contribution in [0.1, 0.15) is 69.8 Å². The zero-order valence-electron chi connectivity index (χ0n) is 32.0. The first-order valence-corrected chi connectivity index (χ1v) is 19.0. The van der Waals surface area contributed by atoms with E-state index in [4.69, 9.17) is 9.73 Å². The molecule has 15 nitrogen and oxygen atoms in total. The molecule has 1 aromatic rings. The highest BCUT2D eigenvalue weighted by Gasteiger charge is 2.29. The first-order valence-electron chi connectivity index (χ1n) is 19.0. The van der Waals surface area contributed by atoms with Crippen molar-refractivity contribution in [1.82, 2.24) is 25.0 Å². The maximum Gasteiger partial charge on any atom is 0.431 e. The lowest BCUT2D eigenvalue weighted by atomic mass is 9.80. The van der Waals surface area contributed by atoms with Gasteiger partial charge in [0.1, 0.15) is 17.8 Å². The highest BCUT2D eigenvalue weighted by atomic mass is 16.5. The lowest BCUT2D eigenvalue weighted by Gasteiger charge is -2.37. The van der Waals surface area contributed by atoms with Gasteiger partial charge in [0.2, 0.25) is 0 Å². The second kappa shape index (κ2) is 25.8. The predicted octanol–water partition coefficient (Wildman–Crippen LogP) is 0.617. The van der Waals surface area contributed by atoms with Crippen LogP contribution in [0.4, 0.5) is 0 Å². The molecule has 1 aliphatic rings. The highest BCUT2D eigenvalue weighted by Crippen LogP contribution is 2.18. The second-order valence-electron chi connectivity index (χ2n) is 13.3. The van der Waals surface area contributed by atoms with Crippen LogP contribution in [0.15, 0.2) is 39.1 Å². The van der Waals surface area contributed by atoms with Gasteiger partial charge in [-0.3, -0.25) is 9.90 Å². The molecular formula is C31H60B6N8O7.